The molecule has 0 aliphatic heterocycles. The van der Waals surface area contributed by atoms with Crippen molar-refractivity contribution < 1.29 is 9.53 Å². The average molecular weight is 278 g/mol. The van der Waals surface area contributed by atoms with Crippen LogP contribution in [-0.4, -0.2) is 44.1 Å². The summed E-state index contributed by atoms with van der Waals surface area (Å²) in [6, 6.07) is 7.87. The van der Waals surface area contributed by atoms with E-state index in [2.05, 4.69) is 19.2 Å². The van der Waals surface area contributed by atoms with Gasteiger partial charge < -0.3 is 15.0 Å². The highest BCUT2D eigenvalue weighted by Crippen LogP contribution is 2.26. The van der Waals surface area contributed by atoms with Gasteiger partial charge in [0.25, 0.3) is 5.91 Å². The maximum Gasteiger partial charge on any atom is 0.260 e. The van der Waals surface area contributed by atoms with Gasteiger partial charge in [0.05, 0.1) is 0 Å². The molecule has 0 radical (unpaired) electrons. The van der Waals surface area contributed by atoms with Crippen molar-refractivity contribution in [2.75, 3.05) is 27.2 Å². The van der Waals surface area contributed by atoms with Gasteiger partial charge in [-0.3, -0.25) is 4.79 Å². The lowest BCUT2D eigenvalue weighted by molar-refractivity contribution is -0.127. The van der Waals surface area contributed by atoms with E-state index in [1.165, 1.54) is 0 Å². The van der Waals surface area contributed by atoms with Gasteiger partial charge >= 0.3 is 0 Å². The molecule has 0 aliphatic carbocycles. The van der Waals surface area contributed by atoms with Crippen molar-refractivity contribution in [2.45, 2.75) is 32.8 Å². The van der Waals surface area contributed by atoms with Crippen LogP contribution in [0.5, 0.6) is 5.75 Å². The van der Waals surface area contributed by atoms with Crippen LogP contribution in [0.1, 0.15) is 32.3 Å². The van der Waals surface area contributed by atoms with Gasteiger partial charge in [0.15, 0.2) is 6.10 Å². The normalized spacial score (nSPS) is 12.6. The molecule has 4 nitrogen and oxygen atoms in total. The van der Waals surface area contributed by atoms with E-state index in [9.17, 15) is 4.79 Å². The minimum absolute atomic E-state index is 0.0783. The molecule has 0 bridgehead atoms. The summed E-state index contributed by atoms with van der Waals surface area (Å²) < 4.78 is 5.80. The van der Waals surface area contributed by atoms with E-state index in [0.717, 1.165) is 17.9 Å². The molecule has 0 saturated heterocycles. The fourth-order valence-electron chi connectivity index (χ4n) is 1.86. The predicted octanol–water partition coefficient (Wildman–Crippen LogP) is 2.26. The number of benzene rings is 1. The van der Waals surface area contributed by atoms with E-state index < -0.39 is 6.10 Å². The highest BCUT2D eigenvalue weighted by atomic mass is 16.5. The average Bonchev–Trinajstić information content (AvgIpc) is 2.38. The third-order valence-corrected chi connectivity index (χ3v) is 3.07. The second-order valence-corrected chi connectivity index (χ2v) is 5.55. The number of likely N-dealkylation sites (N-methyl/N-ethyl adjacent to an activating group) is 1. The minimum atomic E-state index is -0.489. The van der Waals surface area contributed by atoms with Crippen molar-refractivity contribution in [1.29, 1.82) is 0 Å². The molecule has 1 N–H and O–H groups in total. The lowest BCUT2D eigenvalue weighted by atomic mass is 10.0. The Kier molecular flexibility index (Phi) is 6.52. The first-order chi connectivity index (χ1) is 9.41. The van der Waals surface area contributed by atoms with Gasteiger partial charge in [0, 0.05) is 13.1 Å². The molecule has 0 fully saturated rings. The standard InChI is InChI=1S/C16H26N2O2/c1-12(2)14-8-6-7-9-15(14)20-13(3)16(19)17-10-11-18(4)5/h6-9,12-13H,10-11H2,1-5H3,(H,17,19)/t13-/m1/s1. The van der Waals surface area contributed by atoms with Gasteiger partial charge in [-0.25, -0.2) is 0 Å². The van der Waals surface area contributed by atoms with Crippen LogP contribution in [0.15, 0.2) is 24.3 Å². The Labute approximate surface area is 122 Å². The van der Waals surface area contributed by atoms with Crippen molar-refractivity contribution >= 4 is 5.91 Å². The first kappa shape index (κ1) is 16.5. The number of carbonyl (C=O) groups is 1. The zero-order chi connectivity index (χ0) is 15.1. The van der Waals surface area contributed by atoms with Crippen LogP contribution < -0.4 is 10.1 Å². The van der Waals surface area contributed by atoms with Gasteiger partial charge in [-0.15, -0.1) is 0 Å². The van der Waals surface area contributed by atoms with E-state index in [4.69, 9.17) is 4.74 Å². The summed E-state index contributed by atoms with van der Waals surface area (Å²) in [7, 11) is 3.95. The summed E-state index contributed by atoms with van der Waals surface area (Å²) in [5.74, 6) is 1.08. The Balaban J connectivity index is 2.57. The summed E-state index contributed by atoms with van der Waals surface area (Å²) >= 11 is 0. The molecule has 1 aromatic carbocycles. The first-order valence-corrected chi connectivity index (χ1v) is 7.09. The largest absolute Gasteiger partial charge is 0.481 e. The lowest BCUT2D eigenvalue weighted by Crippen LogP contribution is -2.39. The maximum atomic E-state index is 12.0. The summed E-state index contributed by atoms with van der Waals surface area (Å²) in [5, 5.41) is 2.88. The summed E-state index contributed by atoms with van der Waals surface area (Å²) in [5.41, 5.74) is 1.13. The first-order valence-electron chi connectivity index (χ1n) is 7.09. The molecule has 0 aliphatic rings. The van der Waals surface area contributed by atoms with Crippen LogP contribution in [0.25, 0.3) is 0 Å². The number of hydrogen-bond acceptors (Lipinski definition) is 3. The number of para-hydroxylation sites is 1. The smallest absolute Gasteiger partial charge is 0.260 e. The molecule has 1 amide bonds. The molecule has 1 atom stereocenters. The van der Waals surface area contributed by atoms with E-state index in [0.29, 0.717) is 12.5 Å². The van der Waals surface area contributed by atoms with Crippen LogP contribution in [0, 0.1) is 0 Å². The zero-order valence-electron chi connectivity index (χ0n) is 13.1. The third kappa shape index (κ3) is 5.21. The van der Waals surface area contributed by atoms with E-state index in [1.807, 2.05) is 43.3 Å². The highest BCUT2D eigenvalue weighted by Gasteiger charge is 2.16. The molecule has 20 heavy (non-hydrogen) atoms. The topological polar surface area (TPSA) is 41.6 Å². The van der Waals surface area contributed by atoms with Crippen LogP contribution >= 0.6 is 0 Å². The summed E-state index contributed by atoms with van der Waals surface area (Å²) in [4.78, 5) is 14.0. The molecule has 112 valence electrons. The summed E-state index contributed by atoms with van der Waals surface area (Å²) in [6.07, 6.45) is -0.489. The van der Waals surface area contributed by atoms with Gasteiger partial charge in [0.2, 0.25) is 0 Å². The zero-order valence-corrected chi connectivity index (χ0v) is 13.1. The van der Waals surface area contributed by atoms with Crippen LogP contribution in [0.3, 0.4) is 0 Å². The van der Waals surface area contributed by atoms with E-state index in [-0.39, 0.29) is 5.91 Å². The number of nitrogens with zero attached hydrogens (tertiary/aromatic N) is 1. The number of amides is 1. The minimum Gasteiger partial charge on any atom is -0.481 e. The Morgan fingerprint density at radius 2 is 1.90 bits per heavy atom. The molecule has 4 heteroatoms. The van der Waals surface area contributed by atoms with Gasteiger partial charge in [-0.05, 0) is 38.6 Å². The van der Waals surface area contributed by atoms with Crippen molar-refractivity contribution in [3.8, 4) is 5.75 Å². The molecule has 1 aromatic rings. The Hall–Kier alpha value is -1.55. The molecular weight excluding hydrogens is 252 g/mol. The van der Waals surface area contributed by atoms with Gasteiger partial charge in [0.1, 0.15) is 5.75 Å². The molecule has 1 rings (SSSR count). The quantitative estimate of drug-likeness (QED) is 0.832. The monoisotopic (exact) mass is 278 g/mol. The number of ether oxygens (including phenoxy) is 1. The molecule has 0 heterocycles. The van der Waals surface area contributed by atoms with Crippen molar-refractivity contribution in [3.05, 3.63) is 29.8 Å². The maximum absolute atomic E-state index is 12.0. The SMILES string of the molecule is CC(C)c1ccccc1O[C@H](C)C(=O)NCCN(C)C. The van der Waals surface area contributed by atoms with Crippen molar-refractivity contribution in [3.63, 3.8) is 0 Å². The summed E-state index contributed by atoms with van der Waals surface area (Å²) in [6.45, 7) is 7.46. The second-order valence-electron chi connectivity index (χ2n) is 5.55. The molecular formula is C16H26N2O2. The number of carbonyl (C=O) groups excluding carboxylic acids is 1. The Morgan fingerprint density at radius 3 is 2.50 bits per heavy atom. The number of rotatable bonds is 7. The molecule has 0 unspecified atom stereocenters. The van der Waals surface area contributed by atoms with Gasteiger partial charge in [-0.2, -0.15) is 0 Å². The highest BCUT2D eigenvalue weighted by molar-refractivity contribution is 5.80. The van der Waals surface area contributed by atoms with Crippen molar-refractivity contribution in [2.24, 2.45) is 0 Å². The number of nitrogens with one attached hydrogen (secondary N) is 1. The van der Waals surface area contributed by atoms with E-state index in [1.54, 1.807) is 6.92 Å². The van der Waals surface area contributed by atoms with Crippen LogP contribution in [0.4, 0.5) is 0 Å². The van der Waals surface area contributed by atoms with Crippen molar-refractivity contribution in [1.82, 2.24) is 10.2 Å². The van der Waals surface area contributed by atoms with Gasteiger partial charge in [-0.1, -0.05) is 32.0 Å². The fourth-order valence-corrected chi connectivity index (χ4v) is 1.86. The third-order valence-electron chi connectivity index (χ3n) is 3.07. The Morgan fingerprint density at radius 1 is 1.25 bits per heavy atom. The molecule has 0 aromatic heterocycles. The Bertz CT molecular complexity index is 430. The van der Waals surface area contributed by atoms with Crippen LogP contribution in [0.2, 0.25) is 0 Å². The lowest BCUT2D eigenvalue weighted by Gasteiger charge is -2.19. The fraction of sp³-hybridized carbons (Fsp3) is 0.562. The second kappa shape index (κ2) is 7.90. The van der Waals surface area contributed by atoms with E-state index >= 15 is 0 Å². The number of hydrogen-bond donors (Lipinski definition) is 1. The molecule has 0 saturated carbocycles. The predicted molar refractivity (Wildman–Crippen MR) is 82.2 cm³/mol. The van der Waals surface area contributed by atoms with Crippen LogP contribution in [-0.2, 0) is 4.79 Å². The molecule has 0 spiro atoms.